The predicted molar refractivity (Wildman–Crippen MR) is 75.7 cm³/mol. The highest BCUT2D eigenvalue weighted by Gasteiger charge is 2.08. The smallest absolute Gasteiger partial charge is 0.309 e. The summed E-state index contributed by atoms with van der Waals surface area (Å²) in [6.07, 6.45) is 3.36. The van der Waals surface area contributed by atoms with Gasteiger partial charge in [0, 0.05) is 12.3 Å². The van der Waals surface area contributed by atoms with Crippen molar-refractivity contribution in [3.8, 4) is 5.75 Å². The summed E-state index contributed by atoms with van der Waals surface area (Å²) in [7, 11) is 1.37. The normalized spacial score (nSPS) is 10.1. The quantitative estimate of drug-likeness (QED) is 0.795. The van der Waals surface area contributed by atoms with Crippen molar-refractivity contribution >= 4 is 17.6 Å². The zero-order valence-corrected chi connectivity index (χ0v) is 11.8. The number of pyridine rings is 1. The molecule has 0 saturated carbocycles. The maximum Gasteiger partial charge on any atom is 0.309 e. The van der Waals surface area contributed by atoms with E-state index in [0.29, 0.717) is 17.4 Å². The van der Waals surface area contributed by atoms with Crippen LogP contribution in [0.3, 0.4) is 0 Å². The lowest BCUT2D eigenvalue weighted by molar-refractivity contribution is -0.139. The van der Waals surface area contributed by atoms with E-state index in [-0.39, 0.29) is 12.4 Å². The lowest BCUT2D eigenvalue weighted by Gasteiger charge is -2.10. The third-order valence-corrected chi connectivity index (χ3v) is 2.96. The first-order valence-corrected chi connectivity index (χ1v) is 6.44. The third-order valence-electron chi connectivity index (χ3n) is 2.75. The first-order valence-electron chi connectivity index (χ1n) is 6.06. The summed E-state index contributed by atoms with van der Waals surface area (Å²) in [5.74, 6) is 0.312. The summed E-state index contributed by atoms with van der Waals surface area (Å²) in [4.78, 5) is 15.3. The highest BCUT2D eigenvalue weighted by molar-refractivity contribution is 6.30. The fourth-order valence-corrected chi connectivity index (χ4v) is 1.89. The highest BCUT2D eigenvalue weighted by Crippen LogP contribution is 2.18. The molecule has 0 fully saturated rings. The van der Waals surface area contributed by atoms with Gasteiger partial charge in [-0.05, 0) is 11.1 Å². The Hall–Kier alpha value is -2.07. The van der Waals surface area contributed by atoms with E-state index in [0.717, 1.165) is 11.1 Å². The van der Waals surface area contributed by atoms with Crippen LogP contribution in [0.4, 0.5) is 0 Å². The Bertz CT molecular complexity index is 601. The van der Waals surface area contributed by atoms with Crippen molar-refractivity contribution in [2.45, 2.75) is 13.0 Å². The van der Waals surface area contributed by atoms with Gasteiger partial charge in [0.05, 0.1) is 24.8 Å². The molecule has 20 heavy (non-hydrogen) atoms. The van der Waals surface area contributed by atoms with Crippen molar-refractivity contribution < 1.29 is 14.3 Å². The topological polar surface area (TPSA) is 48.4 Å². The largest absolute Gasteiger partial charge is 0.487 e. The lowest BCUT2D eigenvalue weighted by Crippen LogP contribution is -2.08. The monoisotopic (exact) mass is 291 g/mol. The molecular formula is C15H14ClNO3. The van der Waals surface area contributed by atoms with Gasteiger partial charge in [0.25, 0.3) is 0 Å². The summed E-state index contributed by atoms with van der Waals surface area (Å²) in [6.45, 7) is 0.342. The number of benzene rings is 1. The van der Waals surface area contributed by atoms with Crippen molar-refractivity contribution in [2.75, 3.05) is 7.11 Å². The Labute approximate surface area is 122 Å². The molecule has 1 aromatic carbocycles. The molecule has 1 heterocycles. The minimum absolute atomic E-state index is 0.226. The van der Waals surface area contributed by atoms with Gasteiger partial charge in [0.2, 0.25) is 0 Å². The molecule has 0 bridgehead atoms. The van der Waals surface area contributed by atoms with Crippen LogP contribution in [-0.4, -0.2) is 18.1 Å². The number of rotatable bonds is 5. The first-order chi connectivity index (χ1) is 9.69. The average Bonchev–Trinajstić information content (AvgIpc) is 2.46. The van der Waals surface area contributed by atoms with Crippen LogP contribution in [-0.2, 0) is 22.6 Å². The molecule has 0 amide bonds. The first kappa shape index (κ1) is 14.3. The SMILES string of the molecule is COC(=O)Cc1ccccc1COc1cncc(Cl)c1. The maximum absolute atomic E-state index is 11.4. The van der Waals surface area contributed by atoms with E-state index in [4.69, 9.17) is 16.3 Å². The van der Waals surface area contributed by atoms with Gasteiger partial charge in [-0.25, -0.2) is 0 Å². The van der Waals surface area contributed by atoms with E-state index in [1.54, 1.807) is 18.5 Å². The Morgan fingerprint density at radius 1 is 1.25 bits per heavy atom. The number of hydrogen-bond acceptors (Lipinski definition) is 4. The number of hydrogen-bond donors (Lipinski definition) is 0. The van der Waals surface area contributed by atoms with E-state index < -0.39 is 0 Å². The van der Waals surface area contributed by atoms with Crippen LogP contribution in [0.2, 0.25) is 5.02 Å². The molecular weight excluding hydrogens is 278 g/mol. The fourth-order valence-electron chi connectivity index (χ4n) is 1.73. The average molecular weight is 292 g/mol. The van der Waals surface area contributed by atoms with Crippen LogP contribution in [0.25, 0.3) is 0 Å². The third kappa shape index (κ3) is 3.96. The summed E-state index contributed by atoms with van der Waals surface area (Å²) in [6, 6.07) is 9.26. The lowest BCUT2D eigenvalue weighted by atomic mass is 10.1. The molecule has 0 radical (unpaired) electrons. The molecule has 0 aliphatic carbocycles. The minimum atomic E-state index is -0.276. The second-order valence-electron chi connectivity index (χ2n) is 4.15. The van der Waals surface area contributed by atoms with E-state index >= 15 is 0 Å². The molecule has 0 saturated heterocycles. The zero-order valence-electron chi connectivity index (χ0n) is 11.0. The Kier molecular flexibility index (Phi) is 4.96. The Morgan fingerprint density at radius 2 is 2.00 bits per heavy atom. The Balaban J connectivity index is 2.07. The number of methoxy groups -OCH3 is 1. The summed E-state index contributed by atoms with van der Waals surface area (Å²) in [5.41, 5.74) is 1.81. The van der Waals surface area contributed by atoms with Crippen molar-refractivity contribution in [3.05, 3.63) is 58.9 Å². The van der Waals surface area contributed by atoms with Crippen LogP contribution >= 0.6 is 11.6 Å². The molecule has 4 nitrogen and oxygen atoms in total. The highest BCUT2D eigenvalue weighted by atomic mass is 35.5. The van der Waals surface area contributed by atoms with Gasteiger partial charge in [-0.3, -0.25) is 9.78 Å². The van der Waals surface area contributed by atoms with E-state index in [2.05, 4.69) is 9.72 Å². The number of aromatic nitrogens is 1. The Morgan fingerprint density at radius 3 is 2.70 bits per heavy atom. The van der Waals surface area contributed by atoms with Crippen LogP contribution in [0, 0.1) is 0 Å². The van der Waals surface area contributed by atoms with Crippen LogP contribution in [0.5, 0.6) is 5.75 Å². The molecule has 2 rings (SSSR count). The van der Waals surface area contributed by atoms with Gasteiger partial charge in [-0.1, -0.05) is 35.9 Å². The fraction of sp³-hybridized carbons (Fsp3) is 0.200. The second kappa shape index (κ2) is 6.91. The number of carbonyl (C=O) groups is 1. The second-order valence-corrected chi connectivity index (χ2v) is 4.59. The number of esters is 1. The minimum Gasteiger partial charge on any atom is -0.487 e. The maximum atomic E-state index is 11.4. The van der Waals surface area contributed by atoms with Gasteiger partial charge in [0.1, 0.15) is 12.4 Å². The molecule has 1 aromatic heterocycles. The molecule has 0 aliphatic rings. The standard InChI is InChI=1S/C15H14ClNO3/c1-19-15(18)6-11-4-2-3-5-12(11)10-20-14-7-13(16)8-17-9-14/h2-5,7-9H,6,10H2,1H3. The van der Waals surface area contributed by atoms with Crippen molar-refractivity contribution in [1.29, 1.82) is 0 Å². The van der Waals surface area contributed by atoms with Gasteiger partial charge in [-0.15, -0.1) is 0 Å². The number of nitrogens with zero attached hydrogens (tertiary/aromatic N) is 1. The van der Waals surface area contributed by atoms with Crippen LogP contribution < -0.4 is 4.74 Å². The van der Waals surface area contributed by atoms with Gasteiger partial charge in [-0.2, -0.15) is 0 Å². The van der Waals surface area contributed by atoms with E-state index in [1.807, 2.05) is 24.3 Å². The summed E-state index contributed by atoms with van der Waals surface area (Å²) >= 11 is 5.84. The van der Waals surface area contributed by atoms with Crippen molar-refractivity contribution in [1.82, 2.24) is 4.98 Å². The van der Waals surface area contributed by atoms with Crippen molar-refractivity contribution in [2.24, 2.45) is 0 Å². The molecule has 2 aromatic rings. The van der Waals surface area contributed by atoms with Crippen molar-refractivity contribution in [3.63, 3.8) is 0 Å². The van der Waals surface area contributed by atoms with Gasteiger partial charge in [0.15, 0.2) is 0 Å². The van der Waals surface area contributed by atoms with E-state index in [1.165, 1.54) is 7.11 Å². The molecule has 5 heteroatoms. The molecule has 0 spiro atoms. The molecule has 0 N–H and O–H groups in total. The predicted octanol–water partition coefficient (Wildman–Crippen LogP) is 3.03. The summed E-state index contributed by atoms with van der Waals surface area (Å²) < 4.78 is 10.3. The zero-order chi connectivity index (χ0) is 14.4. The molecule has 0 unspecified atom stereocenters. The summed E-state index contributed by atoms with van der Waals surface area (Å²) in [5, 5.41) is 0.519. The molecule has 0 aliphatic heterocycles. The van der Waals surface area contributed by atoms with Crippen LogP contribution in [0.1, 0.15) is 11.1 Å². The van der Waals surface area contributed by atoms with Gasteiger partial charge < -0.3 is 9.47 Å². The number of carbonyl (C=O) groups excluding carboxylic acids is 1. The van der Waals surface area contributed by atoms with Gasteiger partial charge >= 0.3 is 5.97 Å². The molecule has 104 valence electrons. The number of halogens is 1. The molecule has 0 atom stereocenters. The number of ether oxygens (including phenoxy) is 2. The van der Waals surface area contributed by atoms with Crippen LogP contribution in [0.15, 0.2) is 42.7 Å². The van der Waals surface area contributed by atoms with E-state index in [9.17, 15) is 4.79 Å².